The zero-order valence-corrected chi connectivity index (χ0v) is 14.3. The van der Waals surface area contributed by atoms with Gasteiger partial charge in [0.05, 0.1) is 29.8 Å². The summed E-state index contributed by atoms with van der Waals surface area (Å²) in [6.07, 6.45) is 0.352. The Hall–Kier alpha value is -1.72. The molecule has 2 atom stereocenters. The van der Waals surface area contributed by atoms with Gasteiger partial charge < -0.3 is 9.72 Å². The number of nitrogens with zero attached hydrogens (tertiary/aromatic N) is 2. The number of ketones is 1. The van der Waals surface area contributed by atoms with Gasteiger partial charge in [0.25, 0.3) is 0 Å². The van der Waals surface area contributed by atoms with E-state index >= 15 is 0 Å². The molecule has 1 aliphatic heterocycles. The second-order valence-electron chi connectivity index (χ2n) is 6.88. The maximum atomic E-state index is 12.6. The zero-order valence-electron chi connectivity index (χ0n) is 14.3. The van der Waals surface area contributed by atoms with Gasteiger partial charge in [0.1, 0.15) is 5.82 Å². The fraction of sp³-hybridized carbons (Fsp3) is 0.556. The summed E-state index contributed by atoms with van der Waals surface area (Å²) >= 11 is 0. The number of rotatable bonds is 4. The zero-order chi connectivity index (χ0) is 16.6. The number of fused-ring (bicyclic) bond motifs is 1. The Labute approximate surface area is 137 Å². The molecule has 0 bridgehead atoms. The molecule has 0 amide bonds. The van der Waals surface area contributed by atoms with E-state index in [9.17, 15) is 4.79 Å². The number of aromatic nitrogens is 2. The number of imidazole rings is 1. The van der Waals surface area contributed by atoms with Crippen molar-refractivity contribution < 1.29 is 9.53 Å². The third-order valence-electron chi connectivity index (χ3n) is 4.23. The van der Waals surface area contributed by atoms with Crippen LogP contribution in [0, 0.1) is 0 Å². The fourth-order valence-electron chi connectivity index (χ4n) is 3.18. The standard InChI is InChI=1S/C18H25N3O2/c1-11(2)18-19-15-6-5-14(7-16(15)20-18)17(22)10-21-8-12(3)23-13(4)9-21/h5-7,11-13H,8-10H2,1-4H3,(H,19,20). The highest BCUT2D eigenvalue weighted by molar-refractivity contribution is 6.00. The topological polar surface area (TPSA) is 58.2 Å². The second-order valence-corrected chi connectivity index (χ2v) is 6.88. The van der Waals surface area contributed by atoms with Crippen molar-refractivity contribution in [2.75, 3.05) is 19.6 Å². The number of hydrogen-bond acceptors (Lipinski definition) is 4. The van der Waals surface area contributed by atoms with E-state index in [0.29, 0.717) is 12.5 Å². The molecule has 1 fully saturated rings. The molecule has 0 spiro atoms. The number of hydrogen-bond donors (Lipinski definition) is 1. The maximum absolute atomic E-state index is 12.6. The van der Waals surface area contributed by atoms with Gasteiger partial charge in [-0.05, 0) is 32.0 Å². The molecule has 23 heavy (non-hydrogen) atoms. The van der Waals surface area contributed by atoms with Gasteiger partial charge in [-0.25, -0.2) is 4.98 Å². The predicted octanol–water partition coefficient (Wildman–Crippen LogP) is 2.98. The molecule has 0 radical (unpaired) electrons. The van der Waals surface area contributed by atoms with Crippen LogP contribution in [0.4, 0.5) is 0 Å². The number of Topliss-reactive ketones (excluding diaryl/α,β-unsaturated/α-hetero) is 1. The van der Waals surface area contributed by atoms with E-state index in [-0.39, 0.29) is 18.0 Å². The molecule has 5 nitrogen and oxygen atoms in total. The minimum Gasteiger partial charge on any atom is -0.373 e. The van der Waals surface area contributed by atoms with Gasteiger partial charge in [0, 0.05) is 24.6 Å². The summed E-state index contributed by atoms with van der Waals surface area (Å²) in [5, 5.41) is 0. The van der Waals surface area contributed by atoms with E-state index in [1.807, 2.05) is 18.2 Å². The maximum Gasteiger partial charge on any atom is 0.176 e. The number of ether oxygens (including phenoxy) is 1. The van der Waals surface area contributed by atoms with Gasteiger partial charge in [-0.3, -0.25) is 9.69 Å². The Bertz CT molecular complexity index is 697. The second kappa shape index (κ2) is 6.42. The molecular weight excluding hydrogens is 290 g/mol. The normalized spacial score (nSPS) is 22.8. The van der Waals surface area contributed by atoms with Crippen molar-refractivity contribution in [1.29, 1.82) is 0 Å². The van der Waals surface area contributed by atoms with Crippen molar-refractivity contribution >= 4 is 16.8 Å². The van der Waals surface area contributed by atoms with Gasteiger partial charge in [-0.1, -0.05) is 13.8 Å². The SMILES string of the molecule is CC1CN(CC(=O)c2ccc3nc(C(C)C)[nH]c3c2)CC(C)O1. The minimum absolute atomic E-state index is 0.147. The van der Waals surface area contributed by atoms with Crippen LogP contribution in [-0.2, 0) is 4.74 Å². The molecule has 1 aromatic heterocycles. The lowest BCUT2D eigenvalue weighted by atomic mass is 10.1. The van der Waals surface area contributed by atoms with Crippen molar-refractivity contribution in [2.45, 2.75) is 45.8 Å². The third kappa shape index (κ3) is 3.62. The Morgan fingerprint density at radius 3 is 2.70 bits per heavy atom. The number of morpholine rings is 1. The van der Waals surface area contributed by atoms with E-state index in [0.717, 1.165) is 35.5 Å². The first-order valence-corrected chi connectivity index (χ1v) is 8.33. The Morgan fingerprint density at radius 2 is 2.04 bits per heavy atom. The van der Waals surface area contributed by atoms with Crippen LogP contribution in [0.25, 0.3) is 11.0 Å². The molecule has 1 aliphatic rings. The fourth-order valence-corrected chi connectivity index (χ4v) is 3.18. The lowest BCUT2D eigenvalue weighted by Crippen LogP contribution is -2.47. The Balaban J connectivity index is 1.75. The molecule has 0 saturated carbocycles. The van der Waals surface area contributed by atoms with Gasteiger partial charge in [-0.15, -0.1) is 0 Å². The first kappa shape index (κ1) is 16.1. The molecule has 2 unspecified atom stereocenters. The smallest absolute Gasteiger partial charge is 0.176 e. The quantitative estimate of drug-likeness (QED) is 0.881. The monoisotopic (exact) mass is 315 g/mol. The van der Waals surface area contributed by atoms with Crippen LogP contribution in [0.3, 0.4) is 0 Å². The van der Waals surface area contributed by atoms with Gasteiger partial charge >= 0.3 is 0 Å². The molecule has 1 N–H and O–H groups in total. The van der Waals surface area contributed by atoms with Crippen molar-refractivity contribution in [3.05, 3.63) is 29.6 Å². The molecule has 2 aromatic rings. The van der Waals surface area contributed by atoms with Gasteiger partial charge in [-0.2, -0.15) is 0 Å². The molecule has 0 aliphatic carbocycles. The number of aromatic amines is 1. The van der Waals surface area contributed by atoms with Crippen LogP contribution in [0.15, 0.2) is 18.2 Å². The average Bonchev–Trinajstić information content (AvgIpc) is 2.89. The molecular formula is C18H25N3O2. The van der Waals surface area contributed by atoms with Gasteiger partial charge in [0.2, 0.25) is 0 Å². The highest BCUT2D eigenvalue weighted by Gasteiger charge is 2.24. The molecule has 1 saturated heterocycles. The van der Waals surface area contributed by atoms with Crippen LogP contribution in [0.2, 0.25) is 0 Å². The molecule has 3 rings (SSSR count). The predicted molar refractivity (Wildman–Crippen MR) is 91.0 cm³/mol. The number of carbonyl (C=O) groups excluding carboxylic acids is 1. The van der Waals surface area contributed by atoms with Crippen molar-refractivity contribution in [1.82, 2.24) is 14.9 Å². The number of H-pyrrole nitrogens is 1. The van der Waals surface area contributed by atoms with E-state index in [2.05, 4.69) is 42.6 Å². The van der Waals surface area contributed by atoms with Crippen LogP contribution >= 0.6 is 0 Å². The summed E-state index contributed by atoms with van der Waals surface area (Å²) in [6.45, 7) is 10.4. The van der Waals surface area contributed by atoms with Crippen molar-refractivity contribution in [3.63, 3.8) is 0 Å². The van der Waals surface area contributed by atoms with Crippen LogP contribution in [0.1, 0.15) is 49.8 Å². The summed E-state index contributed by atoms with van der Waals surface area (Å²) in [6, 6.07) is 5.72. The highest BCUT2D eigenvalue weighted by atomic mass is 16.5. The average molecular weight is 315 g/mol. The molecule has 124 valence electrons. The Morgan fingerprint density at radius 1 is 1.35 bits per heavy atom. The number of nitrogens with one attached hydrogen (secondary N) is 1. The largest absolute Gasteiger partial charge is 0.373 e. The number of carbonyl (C=O) groups is 1. The Kier molecular flexibility index (Phi) is 4.50. The summed E-state index contributed by atoms with van der Waals surface area (Å²) in [7, 11) is 0. The molecule has 2 heterocycles. The summed E-state index contributed by atoms with van der Waals surface area (Å²) in [4.78, 5) is 22.6. The molecule has 5 heteroatoms. The summed E-state index contributed by atoms with van der Waals surface area (Å²) in [5.74, 6) is 1.45. The van der Waals surface area contributed by atoms with Crippen LogP contribution < -0.4 is 0 Å². The minimum atomic E-state index is 0.147. The van der Waals surface area contributed by atoms with E-state index in [1.54, 1.807) is 0 Å². The lowest BCUT2D eigenvalue weighted by Gasteiger charge is -2.34. The van der Waals surface area contributed by atoms with Crippen molar-refractivity contribution in [3.8, 4) is 0 Å². The van der Waals surface area contributed by atoms with Gasteiger partial charge in [0.15, 0.2) is 5.78 Å². The first-order valence-electron chi connectivity index (χ1n) is 8.33. The first-order chi connectivity index (χ1) is 10.9. The lowest BCUT2D eigenvalue weighted by molar-refractivity contribution is -0.0652. The van der Waals surface area contributed by atoms with Crippen molar-refractivity contribution in [2.24, 2.45) is 0 Å². The van der Waals surface area contributed by atoms with E-state index < -0.39 is 0 Å². The number of benzene rings is 1. The summed E-state index contributed by atoms with van der Waals surface area (Å²) < 4.78 is 5.72. The molecule has 1 aromatic carbocycles. The van der Waals surface area contributed by atoms with E-state index in [4.69, 9.17) is 4.74 Å². The highest BCUT2D eigenvalue weighted by Crippen LogP contribution is 2.19. The van der Waals surface area contributed by atoms with E-state index in [1.165, 1.54) is 0 Å². The van der Waals surface area contributed by atoms with Crippen LogP contribution in [0.5, 0.6) is 0 Å². The summed E-state index contributed by atoms with van der Waals surface area (Å²) in [5.41, 5.74) is 2.59. The third-order valence-corrected chi connectivity index (χ3v) is 4.23. The van der Waals surface area contributed by atoms with Crippen LogP contribution in [-0.4, -0.2) is 52.5 Å².